The summed E-state index contributed by atoms with van der Waals surface area (Å²) in [5.74, 6) is 0.957. The van der Waals surface area contributed by atoms with Crippen LogP contribution in [0.4, 0.5) is 0 Å². The van der Waals surface area contributed by atoms with E-state index in [1.807, 2.05) is 12.1 Å². The van der Waals surface area contributed by atoms with Crippen molar-refractivity contribution >= 4 is 27.3 Å². The number of halogens is 1. The number of thiophene rings is 1. The summed E-state index contributed by atoms with van der Waals surface area (Å²) in [7, 11) is 0. The summed E-state index contributed by atoms with van der Waals surface area (Å²) >= 11 is 5.29. The van der Waals surface area contributed by atoms with E-state index in [0.717, 1.165) is 38.3 Å². The van der Waals surface area contributed by atoms with Gasteiger partial charge in [-0.15, -0.1) is 11.3 Å². The first-order valence-electron chi connectivity index (χ1n) is 6.94. The fourth-order valence-electron chi connectivity index (χ4n) is 1.85. The van der Waals surface area contributed by atoms with Crippen LogP contribution in [0.5, 0.6) is 5.75 Å². The Labute approximate surface area is 133 Å². The minimum Gasteiger partial charge on any atom is -0.494 e. The number of nitrogens with one attached hydrogen (secondary N) is 1. The molecular weight excluding hydrogens is 334 g/mol. The van der Waals surface area contributed by atoms with Gasteiger partial charge in [-0.05, 0) is 58.6 Å². The highest BCUT2D eigenvalue weighted by atomic mass is 79.9. The van der Waals surface area contributed by atoms with E-state index in [1.54, 1.807) is 11.3 Å². The van der Waals surface area contributed by atoms with Crippen molar-refractivity contribution in [3.8, 4) is 5.75 Å². The molecule has 0 unspecified atom stereocenters. The van der Waals surface area contributed by atoms with Crippen LogP contribution in [0.1, 0.15) is 23.8 Å². The van der Waals surface area contributed by atoms with Gasteiger partial charge in [-0.3, -0.25) is 0 Å². The largest absolute Gasteiger partial charge is 0.494 e. The topological polar surface area (TPSA) is 21.3 Å². The van der Waals surface area contributed by atoms with Crippen LogP contribution in [0.2, 0.25) is 0 Å². The molecule has 2 aromatic rings. The number of hydrogen-bond acceptors (Lipinski definition) is 3. The molecule has 1 heterocycles. The predicted molar refractivity (Wildman–Crippen MR) is 89.7 cm³/mol. The molecule has 1 aromatic carbocycles. The SMILES string of the molecule is CCCOc1ccc(CNCCc2ccc(Br)s2)cc1. The lowest BCUT2D eigenvalue weighted by atomic mass is 10.2. The van der Waals surface area contributed by atoms with Crippen LogP contribution in [0.3, 0.4) is 0 Å². The van der Waals surface area contributed by atoms with Gasteiger partial charge in [0, 0.05) is 18.0 Å². The minimum absolute atomic E-state index is 0.786. The maximum atomic E-state index is 5.57. The number of ether oxygens (including phenoxy) is 1. The molecule has 0 amide bonds. The van der Waals surface area contributed by atoms with Crippen molar-refractivity contribution in [2.45, 2.75) is 26.3 Å². The molecule has 0 saturated carbocycles. The van der Waals surface area contributed by atoms with E-state index in [1.165, 1.54) is 14.2 Å². The molecule has 2 nitrogen and oxygen atoms in total. The molecule has 2 rings (SSSR count). The molecule has 0 fully saturated rings. The van der Waals surface area contributed by atoms with Gasteiger partial charge < -0.3 is 10.1 Å². The molecule has 4 heteroatoms. The van der Waals surface area contributed by atoms with Crippen LogP contribution in [0, 0.1) is 0 Å². The fourth-order valence-corrected chi connectivity index (χ4v) is 3.34. The van der Waals surface area contributed by atoms with E-state index in [0.29, 0.717) is 0 Å². The highest BCUT2D eigenvalue weighted by molar-refractivity contribution is 9.11. The highest BCUT2D eigenvalue weighted by Gasteiger charge is 1.98. The normalized spacial score (nSPS) is 10.7. The van der Waals surface area contributed by atoms with Gasteiger partial charge in [-0.2, -0.15) is 0 Å². The number of hydrogen-bond donors (Lipinski definition) is 1. The van der Waals surface area contributed by atoms with Crippen LogP contribution in [0.25, 0.3) is 0 Å². The van der Waals surface area contributed by atoms with Crippen molar-refractivity contribution in [2.24, 2.45) is 0 Å². The Morgan fingerprint density at radius 2 is 1.95 bits per heavy atom. The third-order valence-electron chi connectivity index (χ3n) is 2.90. The average molecular weight is 354 g/mol. The van der Waals surface area contributed by atoms with Crippen LogP contribution in [-0.4, -0.2) is 13.2 Å². The molecule has 0 aliphatic heterocycles. The first-order valence-corrected chi connectivity index (χ1v) is 8.55. The quantitative estimate of drug-likeness (QED) is 0.698. The van der Waals surface area contributed by atoms with Crippen molar-refractivity contribution in [2.75, 3.05) is 13.2 Å². The molecule has 0 bridgehead atoms. The summed E-state index contributed by atoms with van der Waals surface area (Å²) in [5.41, 5.74) is 1.29. The lowest BCUT2D eigenvalue weighted by Gasteiger charge is -2.07. The third kappa shape index (κ3) is 5.27. The first kappa shape index (κ1) is 15.5. The molecule has 0 aliphatic rings. The van der Waals surface area contributed by atoms with Crippen molar-refractivity contribution in [1.29, 1.82) is 0 Å². The summed E-state index contributed by atoms with van der Waals surface area (Å²) in [6.45, 7) is 4.81. The second kappa shape index (κ2) is 8.45. The second-order valence-corrected chi connectivity index (χ2v) is 7.17. The van der Waals surface area contributed by atoms with E-state index < -0.39 is 0 Å². The Morgan fingerprint density at radius 3 is 2.60 bits per heavy atom. The Bertz CT molecular complexity index is 509. The van der Waals surface area contributed by atoms with Gasteiger partial charge in [0.1, 0.15) is 5.75 Å². The van der Waals surface area contributed by atoms with Crippen LogP contribution in [-0.2, 0) is 13.0 Å². The highest BCUT2D eigenvalue weighted by Crippen LogP contribution is 2.22. The van der Waals surface area contributed by atoms with Crippen molar-refractivity contribution in [3.05, 3.63) is 50.6 Å². The van der Waals surface area contributed by atoms with Crippen LogP contribution in [0.15, 0.2) is 40.2 Å². The Kier molecular flexibility index (Phi) is 6.57. The zero-order valence-corrected chi connectivity index (χ0v) is 14.1. The smallest absolute Gasteiger partial charge is 0.119 e. The molecule has 0 atom stereocenters. The lowest BCUT2D eigenvalue weighted by Crippen LogP contribution is -2.16. The maximum absolute atomic E-state index is 5.57. The lowest BCUT2D eigenvalue weighted by molar-refractivity contribution is 0.317. The molecule has 20 heavy (non-hydrogen) atoms. The second-order valence-electron chi connectivity index (χ2n) is 4.63. The summed E-state index contributed by atoms with van der Waals surface area (Å²) < 4.78 is 6.78. The van der Waals surface area contributed by atoms with Gasteiger partial charge in [0.15, 0.2) is 0 Å². The van der Waals surface area contributed by atoms with Crippen LogP contribution >= 0.6 is 27.3 Å². The molecule has 0 saturated heterocycles. The molecule has 1 aromatic heterocycles. The zero-order chi connectivity index (χ0) is 14.2. The molecule has 1 N–H and O–H groups in total. The van der Waals surface area contributed by atoms with Gasteiger partial charge in [0.05, 0.1) is 10.4 Å². The number of rotatable bonds is 8. The standard InChI is InChI=1S/C16H20BrNOS/c1-2-11-19-14-5-3-13(4-6-14)12-18-10-9-15-7-8-16(17)20-15/h3-8,18H,2,9-12H2,1H3. The van der Waals surface area contributed by atoms with Crippen molar-refractivity contribution in [3.63, 3.8) is 0 Å². The maximum Gasteiger partial charge on any atom is 0.119 e. The predicted octanol–water partition coefficient (Wildman–Crippen LogP) is 4.63. The van der Waals surface area contributed by atoms with E-state index >= 15 is 0 Å². The molecule has 0 aliphatic carbocycles. The average Bonchev–Trinajstić information content (AvgIpc) is 2.88. The van der Waals surface area contributed by atoms with Crippen molar-refractivity contribution < 1.29 is 4.74 Å². The van der Waals surface area contributed by atoms with Gasteiger partial charge in [0.25, 0.3) is 0 Å². The molecule has 108 valence electrons. The fraction of sp³-hybridized carbons (Fsp3) is 0.375. The Morgan fingerprint density at radius 1 is 1.15 bits per heavy atom. The van der Waals surface area contributed by atoms with Gasteiger partial charge in [-0.1, -0.05) is 19.1 Å². The van der Waals surface area contributed by atoms with Crippen molar-refractivity contribution in [1.82, 2.24) is 5.32 Å². The number of benzene rings is 1. The summed E-state index contributed by atoms with van der Waals surface area (Å²) in [6.07, 6.45) is 2.12. The summed E-state index contributed by atoms with van der Waals surface area (Å²) in [5, 5.41) is 3.47. The van der Waals surface area contributed by atoms with Crippen LogP contribution < -0.4 is 10.1 Å². The summed E-state index contributed by atoms with van der Waals surface area (Å²) in [4.78, 5) is 1.41. The third-order valence-corrected chi connectivity index (χ3v) is 4.59. The van der Waals surface area contributed by atoms with E-state index in [2.05, 4.69) is 52.4 Å². The Hall–Kier alpha value is -0.840. The van der Waals surface area contributed by atoms with Gasteiger partial charge in [0.2, 0.25) is 0 Å². The monoisotopic (exact) mass is 353 g/mol. The Balaban J connectivity index is 1.68. The molecular formula is C16H20BrNOS. The van der Waals surface area contributed by atoms with Gasteiger partial charge in [-0.25, -0.2) is 0 Å². The van der Waals surface area contributed by atoms with Gasteiger partial charge >= 0.3 is 0 Å². The van der Waals surface area contributed by atoms with E-state index in [4.69, 9.17) is 4.74 Å². The molecule has 0 spiro atoms. The minimum atomic E-state index is 0.786. The van der Waals surface area contributed by atoms with E-state index in [9.17, 15) is 0 Å². The molecule has 0 radical (unpaired) electrons. The summed E-state index contributed by atoms with van der Waals surface area (Å²) in [6, 6.07) is 12.6. The zero-order valence-electron chi connectivity index (χ0n) is 11.7. The first-order chi connectivity index (χ1) is 9.78. The van der Waals surface area contributed by atoms with E-state index in [-0.39, 0.29) is 0 Å².